The molecule has 5 heteroatoms. The predicted octanol–water partition coefficient (Wildman–Crippen LogP) is 4.61. The number of rotatable bonds is 3. The molecule has 1 atom stereocenters. The van der Waals surface area contributed by atoms with Gasteiger partial charge in [-0.2, -0.15) is 0 Å². The molecule has 0 fully saturated rings. The van der Waals surface area contributed by atoms with Gasteiger partial charge in [-0.15, -0.1) is 11.3 Å². The van der Waals surface area contributed by atoms with E-state index in [0.717, 1.165) is 9.35 Å². The van der Waals surface area contributed by atoms with Crippen LogP contribution in [0.5, 0.6) is 0 Å². The summed E-state index contributed by atoms with van der Waals surface area (Å²) in [5.74, 6) is -0.367. The molecule has 2 rings (SSSR count). The summed E-state index contributed by atoms with van der Waals surface area (Å²) in [4.78, 5) is 1.04. The zero-order valence-corrected chi connectivity index (χ0v) is 12.2. The van der Waals surface area contributed by atoms with E-state index in [0.29, 0.717) is 5.56 Å². The maximum atomic E-state index is 14.0. The van der Waals surface area contributed by atoms with Crippen LogP contribution in [0.4, 0.5) is 4.39 Å². The van der Waals surface area contributed by atoms with Crippen LogP contribution in [0.15, 0.2) is 34.1 Å². The van der Waals surface area contributed by atoms with Crippen LogP contribution in [0, 0.1) is 5.82 Å². The number of halogens is 3. The SMILES string of the molecule is CNC(c1cccc(Cl)c1F)c1sccc1Br. The Kier molecular flexibility index (Phi) is 4.20. The molecule has 0 aliphatic carbocycles. The van der Waals surface area contributed by atoms with Crippen LogP contribution >= 0.6 is 38.9 Å². The van der Waals surface area contributed by atoms with Crippen molar-refractivity contribution in [2.24, 2.45) is 0 Å². The zero-order valence-electron chi connectivity index (χ0n) is 9.01. The molecule has 17 heavy (non-hydrogen) atoms. The summed E-state index contributed by atoms with van der Waals surface area (Å²) in [6, 6.07) is 6.81. The second-order valence-electron chi connectivity index (χ2n) is 3.50. The summed E-state index contributed by atoms with van der Waals surface area (Å²) in [7, 11) is 1.80. The van der Waals surface area contributed by atoms with Gasteiger partial charge < -0.3 is 5.32 Å². The lowest BCUT2D eigenvalue weighted by Crippen LogP contribution is -2.18. The molecule has 0 bridgehead atoms. The van der Waals surface area contributed by atoms with E-state index in [4.69, 9.17) is 11.6 Å². The minimum absolute atomic E-state index is 0.149. The number of thiophene rings is 1. The molecular formula is C12H10BrClFNS. The zero-order chi connectivity index (χ0) is 12.4. The molecule has 90 valence electrons. The largest absolute Gasteiger partial charge is 0.309 e. The van der Waals surface area contributed by atoms with Gasteiger partial charge in [-0.05, 0) is 40.5 Å². The van der Waals surface area contributed by atoms with E-state index in [9.17, 15) is 4.39 Å². The molecule has 1 nitrogen and oxygen atoms in total. The molecule has 2 aromatic rings. The lowest BCUT2D eigenvalue weighted by atomic mass is 10.1. The molecule has 0 radical (unpaired) electrons. The van der Waals surface area contributed by atoms with Gasteiger partial charge in [-0.3, -0.25) is 0 Å². The highest BCUT2D eigenvalue weighted by atomic mass is 79.9. The topological polar surface area (TPSA) is 12.0 Å². The van der Waals surface area contributed by atoms with Gasteiger partial charge in [0.1, 0.15) is 5.82 Å². The summed E-state index contributed by atoms with van der Waals surface area (Å²) in [5, 5.41) is 5.22. The van der Waals surface area contributed by atoms with Crippen LogP contribution in [0.2, 0.25) is 5.02 Å². The molecule has 1 aromatic heterocycles. The molecule has 0 amide bonds. The molecule has 1 N–H and O–H groups in total. The highest BCUT2D eigenvalue weighted by Gasteiger charge is 2.20. The van der Waals surface area contributed by atoms with Gasteiger partial charge in [0.15, 0.2) is 0 Å². The first-order valence-electron chi connectivity index (χ1n) is 4.99. The number of benzene rings is 1. The average Bonchev–Trinajstić information content (AvgIpc) is 2.72. The van der Waals surface area contributed by atoms with Crippen molar-refractivity contribution in [3.05, 3.63) is 55.4 Å². The second kappa shape index (κ2) is 5.48. The summed E-state index contributed by atoms with van der Waals surface area (Å²) in [5.41, 5.74) is 0.558. The third-order valence-electron chi connectivity index (χ3n) is 2.49. The maximum Gasteiger partial charge on any atom is 0.146 e. The lowest BCUT2D eigenvalue weighted by molar-refractivity contribution is 0.579. The summed E-state index contributed by atoms with van der Waals surface area (Å²) < 4.78 is 15.0. The van der Waals surface area contributed by atoms with Gasteiger partial charge in [0.25, 0.3) is 0 Å². The highest BCUT2D eigenvalue weighted by molar-refractivity contribution is 9.10. The minimum atomic E-state index is -0.367. The summed E-state index contributed by atoms with van der Waals surface area (Å²) >= 11 is 10.8. The fourth-order valence-corrected chi connectivity index (χ4v) is 3.59. The monoisotopic (exact) mass is 333 g/mol. The van der Waals surface area contributed by atoms with Crippen LogP contribution in [0.25, 0.3) is 0 Å². The fourth-order valence-electron chi connectivity index (χ4n) is 1.68. The quantitative estimate of drug-likeness (QED) is 0.864. The molecular weight excluding hydrogens is 325 g/mol. The lowest BCUT2D eigenvalue weighted by Gasteiger charge is -2.17. The Bertz CT molecular complexity index is 529. The van der Waals surface area contributed by atoms with Crippen molar-refractivity contribution in [1.29, 1.82) is 0 Å². The Morgan fingerprint density at radius 2 is 2.18 bits per heavy atom. The van der Waals surface area contributed by atoms with E-state index in [1.165, 1.54) is 0 Å². The number of hydrogen-bond acceptors (Lipinski definition) is 2. The van der Waals surface area contributed by atoms with Gasteiger partial charge >= 0.3 is 0 Å². The number of nitrogens with one attached hydrogen (secondary N) is 1. The van der Waals surface area contributed by atoms with Crippen LogP contribution in [0.1, 0.15) is 16.5 Å². The van der Waals surface area contributed by atoms with Crippen molar-refractivity contribution >= 4 is 38.9 Å². The van der Waals surface area contributed by atoms with Crippen molar-refractivity contribution in [1.82, 2.24) is 5.32 Å². The fraction of sp³-hybridized carbons (Fsp3) is 0.167. The average molecular weight is 335 g/mol. The molecule has 0 aliphatic rings. The Balaban J connectivity index is 2.50. The second-order valence-corrected chi connectivity index (χ2v) is 5.71. The molecule has 0 spiro atoms. The van der Waals surface area contributed by atoms with E-state index in [1.54, 1.807) is 36.6 Å². The Morgan fingerprint density at radius 1 is 1.41 bits per heavy atom. The van der Waals surface area contributed by atoms with Gasteiger partial charge in [-0.25, -0.2) is 4.39 Å². The smallest absolute Gasteiger partial charge is 0.146 e. The van der Waals surface area contributed by atoms with E-state index < -0.39 is 0 Å². The Hall–Kier alpha value is -0.420. The molecule has 0 aliphatic heterocycles. The first-order chi connectivity index (χ1) is 8.15. The van der Waals surface area contributed by atoms with Crippen molar-refractivity contribution in [3.8, 4) is 0 Å². The maximum absolute atomic E-state index is 14.0. The first kappa shape index (κ1) is 13.0. The van der Waals surface area contributed by atoms with E-state index >= 15 is 0 Å². The standard InChI is InChI=1S/C12H10BrClFNS/c1-16-11(12-8(13)5-6-17-12)7-3-2-4-9(14)10(7)15/h2-6,11,16H,1H3. The molecule has 0 saturated heterocycles. The summed E-state index contributed by atoms with van der Waals surface area (Å²) in [6.45, 7) is 0. The normalized spacial score (nSPS) is 12.7. The van der Waals surface area contributed by atoms with Gasteiger partial charge in [-0.1, -0.05) is 23.7 Å². The predicted molar refractivity (Wildman–Crippen MR) is 74.3 cm³/mol. The van der Waals surface area contributed by atoms with Crippen LogP contribution in [-0.2, 0) is 0 Å². The third kappa shape index (κ3) is 2.55. The van der Waals surface area contributed by atoms with E-state index in [-0.39, 0.29) is 16.9 Å². The van der Waals surface area contributed by atoms with Crippen molar-refractivity contribution in [2.45, 2.75) is 6.04 Å². The van der Waals surface area contributed by atoms with Crippen LogP contribution < -0.4 is 5.32 Å². The first-order valence-corrected chi connectivity index (χ1v) is 7.04. The minimum Gasteiger partial charge on any atom is -0.309 e. The van der Waals surface area contributed by atoms with Crippen LogP contribution in [-0.4, -0.2) is 7.05 Å². The Morgan fingerprint density at radius 3 is 2.76 bits per heavy atom. The molecule has 1 aromatic carbocycles. The summed E-state index contributed by atoms with van der Waals surface area (Å²) in [6.07, 6.45) is 0. The molecule has 1 heterocycles. The van der Waals surface area contributed by atoms with Crippen molar-refractivity contribution < 1.29 is 4.39 Å². The van der Waals surface area contributed by atoms with Gasteiger partial charge in [0.05, 0.1) is 11.1 Å². The van der Waals surface area contributed by atoms with E-state index in [1.807, 2.05) is 11.4 Å². The van der Waals surface area contributed by atoms with Gasteiger partial charge in [0.2, 0.25) is 0 Å². The van der Waals surface area contributed by atoms with Crippen molar-refractivity contribution in [2.75, 3.05) is 7.05 Å². The highest BCUT2D eigenvalue weighted by Crippen LogP contribution is 2.35. The molecule has 1 unspecified atom stereocenters. The van der Waals surface area contributed by atoms with E-state index in [2.05, 4.69) is 21.2 Å². The van der Waals surface area contributed by atoms with Gasteiger partial charge in [0, 0.05) is 14.9 Å². The number of hydrogen-bond donors (Lipinski definition) is 1. The molecule has 0 saturated carbocycles. The third-order valence-corrected chi connectivity index (χ3v) is 4.72. The Labute approximate surface area is 117 Å². The van der Waals surface area contributed by atoms with Crippen molar-refractivity contribution in [3.63, 3.8) is 0 Å². The van der Waals surface area contributed by atoms with Crippen LogP contribution in [0.3, 0.4) is 0 Å².